The Morgan fingerprint density at radius 1 is 1.04 bits per heavy atom. The van der Waals surface area contributed by atoms with E-state index in [1.807, 2.05) is 4.90 Å². The monoisotopic (exact) mass is 367 g/mol. The Hall–Kier alpha value is -2.08. The Morgan fingerprint density at radius 3 is 2.63 bits per heavy atom. The molecule has 2 saturated heterocycles. The number of nitrogens with one attached hydrogen (secondary N) is 1. The molecule has 2 amide bonds. The minimum atomic E-state index is 0.0771. The summed E-state index contributed by atoms with van der Waals surface area (Å²) in [4.78, 5) is 24.4. The maximum absolute atomic E-state index is 12.5. The Balaban J connectivity index is 1.20. The molecule has 3 fully saturated rings. The van der Waals surface area contributed by atoms with E-state index in [0.29, 0.717) is 12.0 Å². The summed E-state index contributed by atoms with van der Waals surface area (Å²) in [6.07, 6.45) is 4.76. The first kappa shape index (κ1) is 17.0. The van der Waals surface area contributed by atoms with Gasteiger partial charge in [0.1, 0.15) is 5.84 Å². The zero-order chi connectivity index (χ0) is 18.2. The second kappa shape index (κ2) is 7.15. The third-order valence-corrected chi connectivity index (χ3v) is 6.60. The van der Waals surface area contributed by atoms with Crippen molar-refractivity contribution >= 4 is 17.6 Å². The van der Waals surface area contributed by atoms with Crippen molar-refractivity contribution in [2.75, 3.05) is 44.2 Å². The van der Waals surface area contributed by atoms with Gasteiger partial charge in [0.2, 0.25) is 0 Å². The molecule has 0 bridgehead atoms. The minimum Gasteiger partial charge on any atom is -0.369 e. The van der Waals surface area contributed by atoms with Gasteiger partial charge in [-0.2, -0.15) is 0 Å². The van der Waals surface area contributed by atoms with Crippen LogP contribution in [0.4, 0.5) is 10.5 Å². The fraction of sp³-hybridized carbons (Fsp3) is 0.619. The summed E-state index contributed by atoms with van der Waals surface area (Å²) in [5.74, 6) is 1.52. The maximum Gasteiger partial charge on any atom is 0.323 e. The number of piperazine rings is 1. The zero-order valence-corrected chi connectivity index (χ0v) is 15.9. The molecule has 1 aliphatic carbocycles. The van der Waals surface area contributed by atoms with Gasteiger partial charge in [-0.05, 0) is 25.0 Å². The first-order valence-electron chi connectivity index (χ1n) is 10.5. The number of aliphatic imine (C=N–C) groups is 1. The summed E-state index contributed by atoms with van der Waals surface area (Å²) in [7, 11) is 0. The van der Waals surface area contributed by atoms with Crippen LogP contribution in [0.25, 0.3) is 0 Å². The lowest BCUT2D eigenvalue weighted by Crippen LogP contribution is -2.59. The van der Waals surface area contributed by atoms with Crippen molar-refractivity contribution in [3.8, 4) is 0 Å². The van der Waals surface area contributed by atoms with Crippen molar-refractivity contribution in [3.63, 3.8) is 0 Å². The van der Waals surface area contributed by atoms with Gasteiger partial charge in [-0.3, -0.25) is 14.8 Å². The van der Waals surface area contributed by atoms with Gasteiger partial charge in [0.15, 0.2) is 0 Å². The number of hydrogen-bond donors (Lipinski definition) is 1. The Bertz CT molecular complexity index is 713. The van der Waals surface area contributed by atoms with Gasteiger partial charge < -0.3 is 10.2 Å². The molecule has 6 heteroatoms. The van der Waals surface area contributed by atoms with Crippen molar-refractivity contribution in [1.29, 1.82) is 0 Å². The number of carbonyl (C=O) groups excluding carboxylic acids is 1. The number of rotatable bonds is 3. The molecule has 3 unspecified atom stereocenters. The minimum absolute atomic E-state index is 0.0771. The van der Waals surface area contributed by atoms with E-state index in [9.17, 15) is 4.79 Å². The van der Waals surface area contributed by atoms with Crippen LogP contribution in [0.3, 0.4) is 0 Å². The van der Waals surface area contributed by atoms with Gasteiger partial charge in [0, 0.05) is 50.4 Å². The van der Waals surface area contributed by atoms with Gasteiger partial charge in [0.05, 0.1) is 12.6 Å². The highest BCUT2D eigenvalue weighted by Crippen LogP contribution is 2.32. The van der Waals surface area contributed by atoms with E-state index in [0.717, 1.165) is 51.5 Å². The maximum atomic E-state index is 12.5. The van der Waals surface area contributed by atoms with Crippen molar-refractivity contribution in [2.24, 2.45) is 10.9 Å². The molecule has 1 aromatic rings. The van der Waals surface area contributed by atoms with E-state index in [1.54, 1.807) is 0 Å². The van der Waals surface area contributed by atoms with Gasteiger partial charge in [0.25, 0.3) is 0 Å². The number of amides is 2. The molecular formula is C21H29N5O. The number of nitrogens with zero attached hydrogens (tertiary/aromatic N) is 4. The van der Waals surface area contributed by atoms with Crippen molar-refractivity contribution in [3.05, 3.63) is 30.3 Å². The molecule has 144 valence electrons. The molecule has 3 atom stereocenters. The Morgan fingerprint density at radius 2 is 1.81 bits per heavy atom. The zero-order valence-electron chi connectivity index (χ0n) is 15.9. The lowest BCUT2D eigenvalue weighted by molar-refractivity contribution is 0.189. The van der Waals surface area contributed by atoms with Crippen LogP contribution in [0, 0.1) is 5.92 Å². The summed E-state index contributed by atoms with van der Waals surface area (Å²) in [5, 5.41) is 3.22. The highest BCUT2D eigenvalue weighted by molar-refractivity contribution is 6.03. The Kier molecular flexibility index (Phi) is 4.52. The second-order valence-electron chi connectivity index (χ2n) is 8.32. The number of benzene rings is 1. The summed E-state index contributed by atoms with van der Waals surface area (Å²) in [5.41, 5.74) is 1.32. The fourth-order valence-electron chi connectivity index (χ4n) is 5.16. The van der Waals surface area contributed by atoms with E-state index < -0.39 is 0 Å². The lowest BCUT2D eigenvalue weighted by atomic mass is 9.82. The second-order valence-corrected chi connectivity index (χ2v) is 8.32. The smallest absolute Gasteiger partial charge is 0.323 e. The molecule has 1 N–H and O–H groups in total. The molecule has 1 aromatic carbocycles. The van der Waals surface area contributed by atoms with Crippen LogP contribution < -0.4 is 10.2 Å². The fourth-order valence-corrected chi connectivity index (χ4v) is 5.16. The highest BCUT2D eigenvalue weighted by Gasteiger charge is 2.44. The number of amidine groups is 1. The topological polar surface area (TPSA) is 51.2 Å². The molecule has 0 radical (unpaired) electrons. The van der Waals surface area contributed by atoms with E-state index in [4.69, 9.17) is 4.99 Å². The average Bonchev–Trinajstić information content (AvgIpc) is 3.14. The third-order valence-electron chi connectivity index (χ3n) is 6.60. The summed E-state index contributed by atoms with van der Waals surface area (Å²) >= 11 is 0. The van der Waals surface area contributed by atoms with E-state index >= 15 is 0 Å². The van der Waals surface area contributed by atoms with Crippen molar-refractivity contribution in [1.82, 2.24) is 15.1 Å². The van der Waals surface area contributed by atoms with E-state index in [2.05, 4.69) is 45.4 Å². The molecule has 6 nitrogen and oxygen atoms in total. The van der Waals surface area contributed by atoms with Gasteiger partial charge in [-0.1, -0.05) is 31.0 Å². The molecule has 4 aliphatic rings. The van der Waals surface area contributed by atoms with Crippen LogP contribution in [0.1, 0.15) is 25.7 Å². The van der Waals surface area contributed by atoms with Crippen LogP contribution in [0.5, 0.6) is 0 Å². The standard InChI is InChI=1S/C21H29N5O/c27-21-23-19-9-5-4-8-18(19)20-22-16(15-26(20)21)14-24-10-12-25(13-11-24)17-6-2-1-3-7-17/h1-3,6-7,16,18-19H,4-5,8-15H2,(H,23,27). The molecule has 27 heavy (non-hydrogen) atoms. The highest BCUT2D eigenvalue weighted by atomic mass is 16.2. The number of para-hydroxylation sites is 1. The molecule has 1 saturated carbocycles. The molecule has 3 heterocycles. The number of hydrogen-bond acceptors (Lipinski definition) is 4. The van der Waals surface area contributed by atoms with E-state index in [1.165, 1.54) is 24.9 Å². The van der Waals surface area contributed by atoms with Crippen molar-refractivity contribution in [2.45, 2.75) is 37.8 Å². The molecular weight excluding hydrogens is 338 g/mol. The molecule has 0 spiro atoms. The molecule has 0 aromatic heterocycles. The predicted molar refractivity (Wildman–Crippen MR) is 107 cm³/mol. The quantitative estimate of drug-likeness (QED) is 0.891. The van der Waals surface area contributed by atoms with Crippen LogP contribution in [0.2, 0.25) is 0 Å². The number of anilines is 1. The number of fused-ring (bicyclic) bond motifs is 3. The lowest BCUT2D eigenvalue weighted by Gasteiger charge is -2.40. The average molecular weight is 367 g/mol. The van der Waals surface area contributed by atoms with E-state index in [-0.39, 0.29) is 12.1 Å². The van der Waals surface area contributed by atoms with Gasteiger partial charge in [-0.15, -0.1) is 0 Å². The van der Waals surface area contributed by atoms with Gasteiger partial charge in [-0.25, -0.2) is 4.79 Å². The first-order chi connectivity index (χ1) is 13.3. The van der Waals surface area contributed by atoms with Crippen LogP contribution >= 0.6 is 0 Å². The Labute approximate surface area is 161 Å². The summed E-state index contributed by atoms with van der Waals surface area (Å²) in [6.45, 7) is 5.96. The van der Waals surface area contributed by atoms with Crippen LogP contribution in [-0.4, -0.2) is 73.0 Å². The summed E-state index contributed by atoms with van der Waals surface area (Å²) in [6, 6.07) is 11.3. The summed E-state index contributed by atoms with van der Waals surface area (Å²) < 4.78 is 0. The van der Waals surface area contributed by atoms with Crippen molar-refractivity contribution < 1.29 is 4.79 Å². The normalized spacial score (nSPS) is 31.2. The number of urea groups is 1. The van der Waals surface area contributed by atoms with Gasteiger partial charge >= 0.3 is 6.03 Å². The molecule has 3 aliphatic heterocycles. The third kappa shape index (κ3) is 3.31. The van der Waals surface area contributed by atoms with Crippen LogP contribution in [0.15, 0.2) is 35.3 Å². The number of carbonyl (C=O) groups is 1. The largest absolute Gasteiger partial charge is 0.369 e. The molecule has 5 rings (SSSR count). The first-order valence-corrected chi connectivity index (χ1v) is 10.5. The SMILES string of the molecule is O=C1NC2CCCCC2C2=NC(CN3CCN(c4ccccc4)CC3)CN12. The predicted octanol–water partition coefficient (Wildman–Crippen LogP) is 2.17. The van der Waals surface area contributed by atoms with Crippen LogP contribution in [-0.2, 0) is 0 Å².